The molecule has 0 fully saturated rings. The Bertz CT molecular complexity index is 819. The molecule has 2 heterocycles. The molecule has 0 bridgehead atoms. The molecule has 0 unspecified atom stereocenters. The third-order valence-electron chi connectivity index (χ3n) is 3.92. The van der Waals surface area contributed by atoms with Gasteiger partial charge in [0.1, 0.15) is 5.69 Å². The van der Waals surface area contributed by atoms with E-state index in [1.807, 2.05) is 74.0 Å². The van der Waals surface area contributed by atoms with E-state index in [1.165, 1.54) is 0 Å². The minimum atomic E-state index is -0.533. The number of carbonyl (C=O) groups excluding carboxylic acids is 1. The van der Waals surface area contributed by atoms with Crippen LogP contribution in [0.4, 0.5) is 0 Å². The molecule has 4 heteroatoms. The van der Waals surface area contributed by atoms with Gasteiger partial charge >= 0.3 is 0 Å². The number of benzene rings is 1. The molecule has 0 saturated heterocycles. The first-order valence-corrected chi connectivity index (χ1v) is 7.27. The number of nitrogens with one attached hydrogen (secondary N) is 1. The number of aryl methyl sites for hydroxylation is 1. The van der Waals surface area contributed by atoms with Crippen LogP contribution in [0.5, 0.6) is 0 Å². The number of para-hydroxylation sites is 1. The number of carbonyl (C=O) groups is 1. The number of amides is 1. The van der Waals surface area contributed by atoms with Crippen LogP contribution in [-0.2, 0) is 12.6 Å². The Kier molecular flexibility index (Phi) is 3.45. The molecule has 0 spiro atoms. The normalized spacial score (nSPS) is 11.6. The Morgan fingerprint density at radius 3 is 2.55 bits per heavy atom. The molecule has 1 N–H and O–H groups in total. The van der Waals surface area contributed by atoms with Gasteiger partial charge in [-0.25, -0.2) is 0 Å². The zero-order valence-electron chi connectivity index (χ0n) is 13.0. The topological polar surface area (TPSA) is 46.9 Å². The Hall–Kier alpha value is -2.62. The smallest absolute Gasteiger partial charge is 0.268 e. The average Bonchev–Trinajstić information content (AvgIpc) is 2.86. The van der Waals surface area contributed by atoms with Gasteiger partial charge in [-0.15, -0.1) is 0 Å². The van der Waals surface area contributed by atoms with Crippen LogP contribution in [0.3, 0.4) is 0 Å². The molecule has 0 aliphatic rings. The van der Waals surface area contributed by atoms with Crippen molar-refractivity contribution in [1.29, 1.82) is 0 Å². The van der Waals surface area contributed by atoms with E-state index in [1.54, 1.807) is 6.20 Å². The monoisotopic (exact) mass is 293 g/mol. The average molecular weight is 293 g/mol. The summed E-state index contributed by atoms with van der Waals surface area (Å²) < 4.78 is 1.92. The van der Waals surface area contributed by atoms with Crippen LogP contribution in [0.25, 0.3) is 10.9 Å². The Balaban J connectivity index is 1.92. The van der Waals surface area contributed by atoms with Crippen LogP contribution in [0.2, 0.25) is 0 Å². The van der Waals surface area contributed by atoms with Crippen LogP contribution in [-0.4, -0.2) is 15.5 Å². The van der Waals surface area contributed by atoms with E-state index in [2.05, 4.69) is 10.3 Å². The van der Waals surface area contributed by atoms with Crippen molar-refractivity contribution in [3.63, 3.8) is 0 Å². The van der Waals surface area contributed by atoms with Crippen molar-refractivity contribution < 1.29 is 4.79 Å². The summed E-state index contributed by atoms with van der Waals surface area (Å²) in [7, 11) is 1.91. The van der Waals surface area contributed by atoms with Crippen LogP contribution >= 0.6 is 0 Å². The minimum absolute atomic E-state index is 0.102. The number of fused-ring (bicyclic) bond motifs is 1. The van der Waals surface area contributed by atoms with E-state index >= 15 is 0 Å². The van der Waals surface area contributed by atoms with E-state index < -0.39 is 5.54 Å². The molecule has 0 aliphatic heterocycles. The van der Waals surface area contributed by atoms with Crippen LogP contribution in [0.15, 0.2) is 54.7 Å². The molecule has 2 aromatic heterocycles. The molecule has 0 atom stereocenters. The fourth-order valence-electron chi connectivity index (χ4n) is 2.65. The number of rotatable bonds is 3. The zero-order chi connectivity index (χ0) is 15.7. The van der Waals surface area contributed by atoms with Gasteiger partial charge in [0.05, 0.1) is 11.2 Å². The molecule has 112 valence electrons. The highest BCUT2D eigenvalue weighted by Crippen LogP contribution is 2.21. The summed E-state index contributed by atoms with van der Waals surface area (Å²) in [5.41, 5.74) is 1.99. The second-order valence-corrected chi connectivity index (χ2v) is 5.94. The van der Waals surface area contributed by atoms with E-state index in [-0.39, 0.29) is 5.91 Å². The van der Waals surface area contributed by atoms with E-state index in [0.717, 1.165) is 16.6 Å². The summed E-state index contributed by atoms with van der Waals surface area (Å²) in [4.78, 5) is 17.0. The lowest BCUT2D eigenvalue weighted by atomic mass is 9.99. The van der Waals surface area contributed by atoms with Crippen molar-refractivity contribution in [3.8, 4) is 0 Å². The van der Waals surface area contributed by atoms with Gasteiger partial charge in [0.25, 0.3) is 5.91 Å². The molecule has 22 heavy (non-hydrogen) atoms. The summed E-state index contributed by atoms with van der Waals surface area (Å²) in [6, 6.07) is 15.6. The van der Waals surface area contributed by atoms with E-state index in [0.29, 0.717) is 5.69 Å². The second kappa shape index (κ2) is 5.30. The third-order valence-corrected chi connectivity index (χ3v) is 3.92. The van der Waals surface area contributed by atoms with Crippen LogP contribution < -0.4 is 5.32 Å². The number of aromatic nitrogens is 2. The van der Waals surface area contributed by atoms with E-state index in [4.69, 9.17) is 0 Å². The molecular formula is C18H19N3O. The van der Waals surface area contributed by atoms with Crippen molar-refractivity contribution in [3.05, 3.63) is 66.1 Å². The lowest BCUT2D eigenvalue weighted by molar-refractivity contribution is 0.0902. The first-order chi connectivity index (χ1) is 10.5. The van der Waals surface area contributed by atoms with Crippen molar-refractivity contribution in [2.75, 3.05) is 0 Å². The van der Waals surface area contributed by atoms with Gasteiger partial charge in [0.2, 0.25) is 0 Å². The van der Waals surface area contributed by atoms with Crippen molar-refractivity contribution >= 4 is 16.8 Å². The molecule has 3 aromatic rings. The summed E-state index contributed by atoms with van der Waals surface area (Å²) in [6.45, 7) is 3.91. The van der Waals surface area contributed by atoms with Crippen molar-refractivity contribution in [1.82, 2.24) is 14.9 Å². The first-order valence-electron chi connectivity index (χ1n) is 7.27. The maximum absolute atomic E-state index is 12.7. The number of pyridine rings is 1. The molecule has 0 saturated carbocycles. The standard InChI is InChI=1S/C18H19N3O/c1-18(2,16-10-6-7-11-19-16)20-17(22)15-12-13-8-4-5-9-14(13)21(15)3/h4-12H,1-3H3,(H,20,22). The van der Waals surface area contributed by atoms with Gasteiger partial charge in [-0.05, 0) is 38.1 Å². The molecule has 3 rings (SSSR count). The lowest BCUT2D eigenvalue weighted by Gasteiger charge is -2.25. The molecule has 0 radical (unpaired) electrons. The summed E-state index contributed by atoms with van der Waals surface area (Å²) in [6.07, 6.45) is 1.74. The fraction of sp³-hybridized carbons (Fsp3) is 0.222. The second-order valence-electron chi connectivity index (χ2n) is 5.94. The Morgan fingerprint density at radius 2 is 1.86 bits per heavy atom. The quantitative estimate of drug-likeness (QED) is 0.806. The van der Waals surface area contributed by atoms with Crippen LogP contribution in [0.1, 0.15) is 30.0 Å². The van der Waals surface area contributed by atoms with Crippen molar-refractivity contribution in [2.24, 2.45) is 7.05 Å². The van der Waals surface area contributed by atoms with Gasteiger partial charge < -0.3 is 9.88 Å². The van der Waals surface area contributed by atoms with Gasteiger partial charge in [-0.1, -0.05) is 24.3 Å². The van der Waals surface area contributed by atoms with Gasteiger partial charge in [-0.2, -0.15) is 0 Å². The van der Waals surface area contributed by atoms with Gasteiger partial charge in [0, 0.05) is 24.1 Å². The lowest BCUT2D eigenvalue weighted by Crippen LogP contribution is -2.42. The maximum atomic E-state index is 12.7. The Morgan fingerprint density at radius 1 is 1.14 bits per heavy atom. The fourth-order valence-corrected chi connectivity index (χ4v) is 2.65. The first kappa shape index (κ1) is 14.3. The summed E-state index contributed by atoms with van der Waals surface area (Å²) in [5, 5.41) is 4.13. The summed E-state index contributed by atoms with van der Waals surface area (Å²) in [5.74, 6) is -0.102. The summed E-state index contributed by atoms with van der Waals surface area (Å²) >= 11 is 0. The largest absolute Gasteiger partial charge is 0.340 e. The number of hydrogen-bond acceptors (Lipinski definition) is 2. The SMILES string of the molecule is Cn1c(C(=O)NC(C)(C)c2ccccn2)cc2ccccc21. The number of nitrogens with zero attached hydrogens (tertiary/aromatic N) is 2. The Labute approximate surface area is 129 Å². The molecule has 1 aromatic carbocycles. The van der Waals surface area contributed by atoms with Gasteiger partial charge in [-0.3, -0.25) is 9.78 Å². The maximum Gasteiger partial charge on any atom is 0.268 e. The predicted molar refractivity (Wildman–Crippen MR) is 87.6 cm³/mol. The predicted octanol–water partition coefficient (Wildman–Crippen LogP) is 3.24. The zero-order valence-corrected chi connectivity index (χ0v) is 13.0. The molecule has 4 nitrogen and oxygen atoms in total. The highest BCUT2D eigenvalue weighted by Gasteiger charge is 2.26. The van der Waals surface area contributed by atoms with Gasteiger partial charge in [0.15, 0.2) is 0 Å². The molecule has 0 aliphatic carbocycles. The van der Waals surface area contributed by atoms with Crippen molar-refractivity contribution in [2.45, 2.75) is 19.4 Å². The third kappa shape index (κ3) is 2.48. The highest BCUT2D eigenvalue weighted by atomic mass is 16.2. The molecule has 1 amide bonds. The minimum Gasteiger partial charge on any atom is -0.340 e. The highest BCUT2D eigenvalue weighted by molar-refractivity contribution is 5.99. The molecular weight excluding hydrogens is 274 g/mol. The number of hydrogen-bond donors (Lipinski definition) is 1. The van der Waals surface area contributed by atoms with Crippen LogP contribution in [0, 0.1) is 0 Å². The van der Waals surface area contributed by atoms with E-state index in [9.17, 15) is 4.79 Å².